The Morgan fingerprint density at radius 1 is 1.18 bits per heavy atom. The van der Waals surface area contributed by atoms with Crippen molar-refractivity contribution in [3.05, 3.63) is 24.3 Å². The first-order valence-electron chi connectivity index (χ1n) is 6.31. The fourth-order valence-corrected chi connectivity index (χ4v) is 2.35. The molecular formula is C14H20O3. The minimum Gasteiger partial charge on any atom is -0.490 e. The van der Waals surface area contributed by atoms with E-state index in [-0.39, 0.29) is 6.61 Å². The highest BCUT2D eigenvalue weighted by molar-refractivity contribution is 5.40. The topological polar surface area (TPSA) is 38.7 Å². The molecule has 1 saturated carbocycles. The van der Waals surface area contributed by atoms with Crippen LogP contribution in [0.1, 0.15) is 32.6 Å². The van der Waals surface area contributed by atoms with Crippen LogP contribution in [0.25, 0.3) is 0 Å². The van der Waals surface area contributed by atoms with E-state index in [9.17, 15) is 5.11 Å². The molecule has 0 unspecified atom stereocenters. The van der Waals surface area contributed by atoms with Gasteiger partial charge in [-0.2, -0.15) is 0 Å². The molecule has 3 nitrogen and oxygen atoms in total. The van der Waals surface area contributed by atoms with E-state index in [0.29, 0.717) is 6.61 Å². The Balaban J connectivity index is 2.16. The Morgan fingerprint density at radius 3 is 2.41 bits per heavy atom. The summed E-state index contributed by atoms with van der Waals surface area (Å²) in [4.78, 5) is 0. The van der Waals surface area contributed by atoms with Crippen molar-refractivity contribution >= 4 is 0 Å². The summed E-state index contributed by atoms with van der Waals surface area (Å²) in [5.41, 5.74) is -0.396. The van der Waals surface area contributed by atoms with Gasteiger partial charge < -0.3 is 14.6 Å². The van der Waals surface area contributed by atoms with Crippen LogP contribution in [0.5, 0.6) is 11.5 Å². The van der Waals surface area contributed by atoms with E-state index in [2.05, 4.69) is 0 Å². The second-order valence-electron chi connectivity index (χ2n) is 4.53. The summed E-state index contributed by atoms with van der Waals surface area (Å²) in [5, 5.41) is 9.53. The van der Waals surface area contributed by atoms with Gasteiger partial charge in [0.05, 0.1) is 13.2 Å². The first-order valence-corrected chi connectivity index (χ1v) is 6.31. The van der Waals surface area contributed by atoms with E-state index >= 15 is 0 Å². The van der Waals surface area contributed by atoms with Crippen LogP contribution < -0.4 is 9.47 Å². The van der Waals surface area contributed by atoms with E-state index in [4.69, 9.17) is 9.47 Å². The third-order valence-electron chi connectivity index (χ3n) is 3.28. The van der Waals surface area contributed by atoms with E-state index < -0.39 is 5.60 Å². The van der Waals surface area contributed by atoms with Gasteiger partial charge in [-0.15, -0.1) is 0 Å². The molecule has 0 amide bonds. The van der Waals surface area contributed by atoms with Gasteiger partial charge in [0.25, 0.3) is 0 Å². The molecule has 3 heteroatoms. The Bertz CT molecular complexity index is 356. The van der Waals surface area contributed by atoms with Crippen molar-refractivity contribution in [2.75, 3.05) is 13.2 Å². The van der Waals surface area contributed by atoms with Crippen molar-refractivity contribution in [2.45, 2.75) is 38.2 Å². The van der Waals surface area contributed by atoms with Gasteiger partial charge in [0.1, 0.15) is 5.60 Å². The van der Waals surface area contributed by atoms with Crippen molar-refractivity contribution in [2.24, 2.45) is 0 Å². The highest BCUT2D eigenvalue weighted by Crippen LogP contribution is 2.37. The lowest BCUT2D eigenvalue weighted by atomic mass is 10.0. The first-order chi connectivity index (χ1) is 8.29. The molecule has 2 rings (SSSR count). The van der Waals surface area contributed by atoms with Crippen LogP contribution in [0.2, 0.25) is 0 Å². The number of para-hydroxylation sites is 2. The predicted octanol–water partition coefficient (Wildman–Crippen LogP) is 2.77. The molecule has 17 heavy (non-hydrogen) atoms. The van der Waals surface area contributed by atoms with Crippen LogP contribution in [0.3, 0.4) is 0 Å². The predicted molar refractivity (Wildman–Crippen MR) is 66.5 cm³/mol. The number of hydrogen-bond donors (Lipinski definition) is 1. The summed E-state index contributed by atoms with van der Waals surface area (Å²) < 4.78 is 11.6. The molecule has 1 aromatic carbocycles. The standard InChI is InChI=1S/C14H20O3/c1-2-16-12-7-3-4-8-13(12)17-14(11-15)9-5-6-10-14/h3-4,7-8,15H,2,5-6,9-11H2,1H3. The highest BCUT2D eigenvalue weighted by atomic mass is 16.5. The molecule has 0 saturated heterocycles. The SMILES string of the molecule is CCOc1ccccc1OC1(CO)CCCC1. The quantitative estimate of drug-likeness (QED) is 0.854. The van der Waals surface area contributed by atoms with Gasteiger partial charge in [0.15, 0.2) is 11.5 Å². The number of rotatable bonds is 5. The van der Waals surface area contributed by atoms with Crippen LogP contribution in [0.4, 0.5) is 0 Å². The van der Waals surface area contributed by atoms with Crippen molar-refractivity contribution in [1.82, 2.24) is 0 Å². The maximum absolute atomic E-state index is 9.53. The number of aliphatic hydroxyl groups excluding tert-OH is 1. The molecule has 0 aliphatic heterocycles. The van der Waals surface area contributed by atoms with Crippen LogP contribution >= 0.6 is 0 Å². The summed E-state index contributed by atoms with van der Waals surface area (Å²) in [7, 11) is 0. The van der Waals surface area contributed by atoms with Crippen molar-refractivity contribution in [3.63, 3.8) is 0 Å². The Labute approximate surface area is 102 Å². The maximum atomic E-state index is 9.53. The van der Waals surface area contributed by atoms with Gasteiger partial charge in [-0.3, -0.25) is 0 Å². The third-order valence-corrected chi connectivity index (χ3v) is 3.28. The molecule has 0 bridgehead atoms. The molecule has 0 heterocycles. The van der Waals surface area contributed by atoms with E-state index in [0.717, 1.165) is 37.2 Å². The second kappa shape index (κ2) is 5.41. The highest BCUT2D eigenvalue weighted by Gasteiger charge is 2.36. The Hall–Kier alpha value is -1.22. The molecule has 1 aliphatic carbocycles. The molecular weight excluding hydrogens is 216 g/mol. The number of aliphatic hydroxyl groups is 1. The lowest BCUT2D eigenvalue weighted by Crippen LogP contribution is -2.36. The zero-order valence-corrected chi connectivity index (χ0v) is 10.3. The van der Waals surface area contributed by atoms with Gasteiger partial charge in [0, 0.05) is 0 Å². The molecule has 1 N–H and O–H groups in total. The summed E-state index contributed by atoms with van der Waals surface area (Å²) in [5.74, 6) is 1.50. The largest absolute Gasteiger partial charge is 0.490 e. The summed E-state index contributed by atoms with van der Waals surface area (Å²) in [6.07, 6.45) is 4.09. The van der Waals surface area contributed by atoms with Crippen LogP contribution in [0.15, 0.2) is 24.3 Å². The fourth-order valence-electron chi connectivity index (χ4n) is 2.35. The minimum absolute atomic E-state index is 0.0768. The Kier molecular flexibility index (Phi) is 3.89. The van der Waals surface area contributed by atoms with Gasteiger partial charge in [-0.25, -0.2) is 0 Å². The van der Waals surface area contributed by atoms with Crippen molar-refractivity contribution in [3.8, 4) is 11.5 Å². The van der Waals surface area contributed by atoms with Gasteiger partial charge in [-0.05, 0) is 44.7 Å². The minimum atomic E-state index is -0.396. The number of benzene rings is 1. The van der Waals surface area contributed by atoms with Crippen LogP contribution in [-0.2, 0) is 0 Å². The molecule has 1 fully saturated rings. The average Bonchev–Trinajstić information content (AvgIpc) is 2.81. The second-order valence-corrected chi connectivity index (χ2v) is 4.53. The molecule has 1 aliphatic rings. The van der Waals surface area contributed by atoms with Crippen LogP contribution in [-0.4, -0.2) is 23.9 Å². The molecule has 0 atom stereocenters. The molecule has 1 aromatic rings. The lowest BCUT2D eigenvalue weighted by molar-refractivity contribution is 0.0129. The van der Waals surface area contributed by atoms with Gasteiger partial charge in [-0.1, -0.05) is 12.1 Å². The van der Waals surface area contributed by atoms with Crippen LogP contribution in [0, 0.1) is 0 Å². The molecule has 0 radical (unpaired) electrons. The van der Waals surface area contributed by atoms with E-state index in [1.54, 1.807) is 0 Å². The summed E-state index contributed by atoms with van der Waals surface area (Å²) >= 11 is 0. The summed E-state index contributed by atoms with van der Waals surface area (Å²) in [6, 6.07) is 7.66. The van der Waals surface area contributed by atoms with Crippen molar-refractivity contribution < 1.29 is 14.6 Å². The molecule has 0 aromatic heterocycles. The molecule has 94 valence electrons. The summed E-state index contributed by atoms with van der Waals surface area (Å²) in [6.45, 7) is 2.65. The third kappa shape index (κ3) is 2.72. The number of ether oxygens (including phenoxy) is 2. The van der Waals surface area contributed by atoms with E-state index in [1.165, 1.54) is 0 Å². The van der Waals surface area contributed by atoms with Gasteiger partial charge in [0.2, 0.25) is 0 Å². The normalized spacial score (nSPS) is 18.0. The van der Waals surface area contributed by atoms with Crippen molar-refractivity contribution in [1.29, 1.82) is 0 Å². The smallest absolute Gasteiger partial charge is 0.162 e. The zero-order chi connectivity index (χ0) is 12.1. The monoisotopic (exact) mass is 236 g/mol. The number of hydrogen-bond acceptors (Lipinski definition) is 3. The Morgan fingerprint density at radius 2 is 1.82 bits per heavy atom. The van der Waals surface area contributed by atoms with E-state index in [1.807, 2.05) is 31.2 Å². The fraction of sp³-hybridized carbons (Fsp3) is 0.571. The maximum Gasteiger partial charge on any atom is 0.162 e. The molecule has 0 spiro atoms. The average molecular weight is 236 g/mol. The first kappa shape index (κ1) is 12.2. The van der Waals surface area contributed by atoms with Gasteiger partial charge >= 0.3 is 0 Å². The lowest BCUT2D eigenvalue weighted by Gasteiger charge is -2.28. The zero-order valence-electron chi connectivity index (χ0n) is 10.3.